The summed E-state index contributed by atoms with van der Waals surface area (Å²) in [5.74, 6) is 3.28. The first kappa shape index (κ1) is 20.3. The van der Waals surface area contributed by atoms with E-state index in [4.69, 9.17) is 14.0 Å². The Morgan fingerprint density at radius 3 is 3.03 bits per heavy atom. The summed E-state index contributed by atoms with van der Waals surface area (Å²) in [7, 11) is 0. The van der Waals surface area contributed by atoms with Crippen molar-refractivity contribution in [2.24, 2.45) is 5.92 Å². The largest absolute Gasteiger partial charge is 0.454 e. The van der Waals surface area contributed by atoms with Crippen molar-refractivity contribution in [3.05, 3.63) is 48.0 Å². The molecule has 1 atom stereocenters. The summed E-state index contributed by atoms with van der Waals surface area (Å²) < 4.78 is 16.0. The predicted octanol–water partition coefficient (Wildman–Crippen LogP) is 2.96. The Morgan fingerprint density at radius 2 is 2.16 bits per heavy atom. The average Bonchev–Trinajstić information content (AvgIpc) is 3.52. The lowest BCUT2D eigenvalue weighted by Crippen LogP contribution is -2.43. The fourth-order valence-corrected chi connectivity index (χ4v) is 4.10. The van der Waals surface area contributed by atoms with E-state index in [1.807, 2.05) is 37.3 Å². The highest BCUT2D eigenvalue weighted by atomic mass is 16.7. The molecule has 1 N–H and O–H groups in total. The molecular weight excluding hydrogens is 410 g/mol. The van der Waals surface area contributed by atoms with E-state index in [1.54, 1.807) is 6.20 Å². The summed E-state index contributed by atoms with van der Waals surface area (Å²) in [6.07, 6.45) is 4.18. The van der Waals surface area contributed by atoms with Crippen LogP contribution in [0.4, 0.5) is 5.82 Å². The second-order valence-corrected chi connectivity index (χ2v) is 7.93. The Bertz CT molecular complexity index is 1120. The van der Waals surface area contributed by atoms with Gasteiger partial charge >= 0.3 is 0 Å². The summed E-state index contributed by atoms with van der Waals surface area (Å²) in [6, 6.07) is 9.52. The third-order valence-electron chi connectivity index (χ3n) is 5.79. The van der Waals surface area contributed by atoms with Gasteiger partial charge in [-0.1, -0.05) is 18.1 Å². The molecule has 1 aromatic carbocycles. The molecule has 5 rings (SSSR count). The van der Waals surface area contributed by atoms with E-state index in [9.17, 15) is 4.79 Å². The standard InChI is InChI=1S/C23H25N5O4/c1-2-20-26-21(27-32-20)17-6-3-9-24-22(17)28-10-4-5-16(13-28)23(29)25-12-15-7-8-18-19(11-15)31-14-30-18/h3,6-9,11,16H,2,4-5,10,12-14H2,1H3,(H,25,29). The molecule has 1 amide bonds. The van der Waals surface area contributed by atoms with Crippen LogP contribution in [0.1, 0.15) is 31.2 Å². The van der Waals surface area contributed by atoms with Gasteiger partial charge in [-0.15, -0.1) is 0 Å². The second-order valence-electron chi connectivity index (χ2n) is 7.93. The fraction of sp³-hybridized carbons (Fsp3) is 0.391. The van der Waals surface area contributed by atoms with Crippen LogP contribution >= 0.6 is 0 Å². The lowest BCUT2D eigenvalue weighted by molar-refractivity contribution is -0.125. The van der Waals surface area contributed by atoms with E-state index in [0.717, 1.165) is 47.8 Å². The van der Waals surface area contributed by atoms with E-state index in [2.05, 4.69) is 25.3 Å². The quantitative estimate of drug-likeness (QED) is 0.630. The van der Waals surface area contributed by atoms with Crippen LogP contribution in [0.5, 0.6) is 11.5 Å². The smallest absolute Gasteiger partial charge is 0.231 e. The maximum Gasteiger partial charge on any atom is 0.231 e. The molecule has 1 saturated heterocycles. The number of piperidine rings is 1. The minimum Gasteiger partial charge on any atom is -0.454 e. The summed E-state index contributed by atoms with van der Waals surface area (Å²) in [5, 5.41) is 7.17. The molecule has 2 aliphatic rings. The number of anilines is 1. The number of ether oxygens (including phenoxy) is 2. The zero-order valence-electron chi connectivity index (χ0n) is 17.9. The lowest BCUT2D eigenvalue weighted by atomic mass is 9.96. The number of fused-ring (bicyclic) bond motifs is 1. The predicted molar refractivity (Wildman–Crippen MR) is 116 cm³/mol. The molecular formula is C23H25N5O4. The Balaban J connectivity index is 1.26. The molecule has 0 saturated carbocycles. The molecule has 2 aliphatic heterocycles. The van der Waals surface area contributed by atoms with Crippen molar-refractivity contribution in [3.8, 4) is 22.9 Å². The van der Waals surface area contributed by atoms with Gasteiger partial charge in [-0.05, 0) is 42.7 Å². The van der Waals surface area contributed by atoms with Gasteiger partial charge in [0.15, 0.2) is 11.5 Å². The normalized spacial score (nSPS) is 17.4. The third-order valence-corrected chi connectivity index (χ3v) is 5.79. The number of rotatable bonds is 6. The SMILES string of the molecule is CCc1nc(-c2cccnc2N2CCCC(C(=O)NCc3ccc4c(c3)OCO4)C2)no1. The minimum atomic E-state index is -0.121. The molecule has 3 aromatic rings. The molecule has 0 bridgehead atoms. The van der Waals surface area contributed by atoms with Crippen molar-refractivity contribution in [1.82, 2.24) is 20.4 Å². The van der Waals surface area contributed by atoms with Crippen LogP contribution in [-0.2, 0) is 17.8 Å². The number of aromatic nitrogens is 3. The van der Waals surface area contributed by atoms with Gasteiger partial charge in [0.05, 0.1) is 11.5 Å². The number of hydrogen-bond donors (Lipinski definition) is 1. The van der Waals surface area contributed by atoms with Crippen LogP contribution in [0.25, 0.3) is 11.4 Å². The topological polar surface area (TPSA) is 103 Å². The molecule has 2 aromatic heterocycles. The Labute approximate surface area is 185 Å². The zero-order chi connectivity index (χ0) is 21.9. The zero-order valence-corrected chi connectivity index (χ0v) is 17.9. The van der Waals surface area contributed by atoms with E-state index < -0.39 is 0 Å². The molecule has 166 valence electrons. The van der Waals surface area contributed by atoms with E-state index in [-0.39, 0.29) is 18.6 Å². The van der Waals surface area contributed by atoms with Gasteiger partial charge in [0.25, 0.3) is 0 Å². The number of carbonyl (C=O) groups is 1. The first-order chi connectivity index (χ1) is 15.7. The number of nitrogens with one attached hydrogen (secondary N) is 1. The van der Waals surface area contributed by atoms with Crippen LogP contribution in [0, 0.1) is 5.92 Å². The summed E-state index contributed by atoms with van der Waals surface area (Å²) >= 11 is 0. The van der Waals surface area contributed by atoms with Crippen molar-refractivity contribution in [1.29, 1.82) is 0 Å². The maximum absolute atomic E-state index is 12.9. The fourth-order valence-electron chi connectivity index (χ4n) is 4.10. The van der Waals surface area contributed by atoms with Crippen LogP contribution in [0.15, 0.2) is 41.1 Å². The van der Waals surface area contributed by atoms with Gasteiger partial charge in [0.1, 0.15) is 5.82 Å². The Hall–Kier alpha value is -3.62. The molecule has 1 fully saturated rings. The highest BCUT2D eigenvalue weighted by Gasteiger charge is 2.28. The number of hydrogen-bond acceptors (Lipinski definition) is 8. The van der Waals surface area contributed by atoms with Crippen LogP contribution in [-0.4, -0.2) is 40.9 Å². The van der Waals surface area contributed by atoms with E-state index in [1.165, 1.54) is 0 Å². The molecule has 9 heteroatoms. The molecule has 32 heavy (non-hydrogen) atoms. The summed E-state index contributed by atoms with van der Waals surface area (Å²) in [6.45, 7) is 4.08. The molecule has 9 nitrogen and oxygen atoms in total. The van der Waals surface area contributed by atoms with Crippen molar-refractivity contribution in [2.75, 3.05) is 24.8 Å². The first-order valence-electron chi connectivity index (χ1n) is 10.9. The van der Waals surface area contributed by atoms with Crippen molar-refractivity contribution in [3.63, 3.8) is 0 Å². The Kier molecular flexibility index (Phi) is 5.62. The minimum absolute atomic E-state index is 0.0395. The van der Waals surface area contributed by atoms with E-state index >= 15 is 0 Å². The van der Waals surface area contributed by atoms with Gasteiger partial charge in [-0.25, -0.2) is 4.98 Å². The second kappa shape index (κ2) is 8.86. The third kappa shape index (κ3) is 4.10. The highest BCUT2D eigenvalue weighted by Crippen LogP contribution is 2.33. The first-order valence-corrected chi connectivity index (χ1v) is 10.9. The molecule has 1 unspecified atom stereocenters. The number of pyridine rings is 1. The Morgan fingerprint density at radius 1 is 1.25 bits per heavy atom. The van der Waals surface area contributed by atoms with Gasteiger partial charge in [0, 0.05) is 32.3 Å². The van der Waals surface area contributed by atoms with Crippen molar-refractivity contribution >= 4 is 11.7 Å². The number of carbonyl (C=O) groups excluding carboxylic acids is 1. The van der Waals surface area contributed by atoms with Gasteiger partial charge in [-0.2, -0.15) is 4.98 Å². The van der Waals surface area contributed by atoms with Crippen LogP contribution in [0.3, 0.4) is 0 Å². The molecule has 0 radical (unpaired) electrons. The van der Waals surface area contributed by atoms with Crippen LogP contribution in [0.2, 0.25) is 0 Å². The molecule has 0 spiro atoms. The van der Waals surface area contributed by atoms with E-state index in [0.29, 0.717) is 31.2 Å². The number of nitrogens with zero attached hydrogens (tertiary/aromatic N) is 4. The molecule has 0 aliphatic carbocycles. The van der Waals surface area contributed by atoms with Crippen molar-refractivity contribution in [2.45, 2.75) is 32.7 Å². The molecule has 4 heterocycles. The van der Waals surface area contributed by atoms with Gasteiger partial charge in [-0.3, -0.25) is 4.79 Å². The van der Waals surface area contributed by atoms with Crippen molar-refractivity contribution < 1.29 is 18.8 Å². The lowest BCUT2D eigenvalue weighted by Gasteiger charge is -2.33. The monoisotopic (exact) mass is 435 g/mol. The number of benzene rings is 1. The number of amides is 1. The maximum atomic E-state index is 12.9. The summed E-state index contributed by atoms with van der Waals surface area (Å²) in [5.41, 5.74) is 1.79. The van der Waals surface area contributed by atoms with Gasteiger partial charge < -0.3 is 24.2 Å². The average molecular weight is 435 g/mol. The summed E-state index contributed by atoms with van der Waals surface area (Å²) in [4.78, 5) is 24.1. The van der Waals surface area contributed by atoms with Crippen LogP contribution < -0.4 is 19.7 Å². The highest BCUT2D eigenvalue weighted by molar-refractivity contribution is 5.80. The van der Waals surface area contributed by atoms with Gasteiger partial charge in [0.2, 0.25) is 24.4 Å². The number of aryl methyl sites for hydroxylation is 1.